The Kier molecular flexibility index (Phi) is 11.1. The number of hydrogen-bond donors (Lipinski definition) is 10. The number of aromatic nitrogens is 4. The number of aliphatic hydroxyl groups is 3. The van der Waals surface area contributed by atoms with Gasteiger partial charge in [0, 0.05) is 37.3 Å². The van der Waals surface area contributed by atoms with Gasteiger partial charge >= 0.3 is 12.1 Å². The minimum Gasteiger partial charge on any atom is -0.508 e. The third-order valence-electron chi connectivity index (χ3n) is 11.3. The van der Waals surface area contributed by atoms with Gasteiger partial charge in [-0.1, -0.05) is 24.3 Å². The fourth-order valence-corrected chi connectivity index (χ4v) is 8.61. The predicted octanol–water partition coefficient (Wildman–Crippen LogP) is 0.477. The van der Waals surface area contributed by atoms with Crippen molar-refractivity contribution in [2.75, 3.05) is 41.8 Å². The molecule has 3 aliphatic rings. The van der Waals surface area contributed by atoms with Gasteiger partial charge in [0.05, 0.1) is 29.9 Å². The fraction of sp³-hybridized carbons (Fsp3) is 0.333. The van der Waals surface area contributed by atoms with E-state index in [4.69, 9.17) is 15.1 Å². The van der Waals surface area contributed by atoms with E-state index in [9.17, 15) is 48.3 Å². The summed E-state index contributed by atoms with van der Waals surface area (Å²) in [7, 11) is -3.91. The first kappa shape index (κ1) is 41.2. The molecular formula is C39H43N11O10S. The molecule has 2 unspecified atom stereocenters. The number of carbonyl (C=O) groups is 3. The number of rotatable bonds is 12. The number of phenolic OH excluding ortho intramolecular Hbond substituents is 2. The summed E-state index contributed by atoms with van der Waals surface area (Å²) >= 11 is 0. The fourth-order valence-electron chi connectivity index (χ4n) is 8.10. The highest BCUT2D eigenvalue weighted by molar-refractivity contribution is 7.89. The third kappa shape index (κ3) is 8.30. The van der Waals surface area contributed by atoms with Crippen molar-refractivity contribution in [1.29, 1.82) is 0 Å². The molecule has 3 aromatic carbocycles. The number of aromatic hydroxyl groups is 2. The van der Waals surface area contributed by atoms with Gasteiger partial charge in [0.2, 0.25) is 16.0 Å². The maximum absolute atomic E-state index is 13.0. The predicted molar refractivity (Wildman–Crippen MR) is 218 cm³/mol. The average Bonchev–Trinajstić information content (AvgIpc) is 4.01. The minimum absolute atomic E-state index is 0.0629. The summed E-state index contributed by atoms with van der Waals surface area (Å²) in [6, 6.07) is 14.0. The number of fused-ring (bicyclic) bond motifs is 1. The van der Waals surface area contributed by atoms with Crippen LogP contribution < -0.4 is 31.3 Å². The number of sulfonamides is 1. The van der Waals surface area contributed by atoms with Gasteiger partial charge in [0.25, 0.3) is 5.91 Å². The van der Waals surface area contributed by atoms with Crippen LogP contribution >= 0.6 is 0 Å². The number of aliphatic hydroxyl groups excluding tert-OH is 3. The molecule has 0 bridgehead atoms. The zero-order valence-electron chi connectivity index (χ0n) is 32.2. The van der Waals surface area contributed by atoms with Crippen molar-refractivity contribution in [2.24, 2.45) is 5.14 Å². The first-order valence-corrected chi connectivity index (χ1v) is 20.8. The van der Waals surface area contributed by atoms with Crippen molar-refractivity contribution in [3.8, 4) is 11.5 Å². The molecule has 1 aliphatic carbocycles. The molecule has 2 aromatic heterocycles. The Morgan fingerprint density at radius 1 is 0.918 bits per heavy atom. The summed E-state index contributed by atoms with van der Waals surface area (Å²) in [5, 5.41) is 68.8. The third-order valence-corrected chi connectivity index (χ3v) is 12.2. The van der Waals surface area contributed by atoms with E-state index in [0.29, 0.717) is 30.0 Å². The summed E-state index contributed by atoms with van der Waals surface area (Å²) in [6.45, 7) is 0.321. The number of phenols is 2. The average molecular weight is 858 g/mol. The molecule has 4 heterocycles. The van der Waals surface area contributed by atoms with Gasteiger partial charge in [-0.3, -0.25) is 9.69 Å². The Balaban J connectivity index is 1.09. The molecule has 11 N–H and O–H groups in total. The Morgan fingerprint density at radius 3 is 2.16 bits per heavy atom. The lowest BCUT2D eigenvalue weighted by Gasteiger charge is -2.24. The lowest BCUT2D eigenvalue weighted by Crippen LogP contribution is -2.47. The zero-order valence-corrected chi connectivity index (χ0v) is 33.1. The molecule has 0 spiro atoms. The van der Waals surface area contributed by atoms with E-state index in [2.05, 4.69) is 26.3 Å². The number of urea groups is 2. The van der Waals surface area contributed by atoms with Crippen LogP contribution in [0.15, 0.2) is 84.0 Å². The van der Waals surface area contributed by atoms with Gasteiger partial charge in [-0.05, 0) is 72.5 Å². The molecule has 22 heteroatoms. The second-order valence-corrected chi connectivity index (χ2v) is 16.7. The van der Waals surface area contributed by atoms with E-state index in [-0.39, 0.29) is 59.5 Å². The molecule has 8 rings (SSSR count). The summed E-state index contributed by atoms with van der Waals surface area (Å²) < 4.78 is 24.8. The molecule has 21 nitrogen and oxygen atoms in total. The smallest absolute Gasteiger partial charge is 0.325 e. The monoisotopic (exact) mass is 857 g/mol. The quantitative estimate of drug-likeness (QED) is 0.0763. The highest BCUT2D eigenvalue weighted by Crippen LogP contribution is 2.38. The Labute approximate surface area is 347 Å². The summed E-state index contributed by atoms with van der Waals surface area (Å²) in [5.41, 5.74) is 2.60. The number of nitrogens with one attached hydrogen (secondary N) is 4. The van der Waals surface area contributed by atoms with E-state index >= 15 is 0 Å². The van der Waals surface area contributed by atoms with Crippen LogP contribution in [0.4, 0.5) is 27.0 Å². The number of anilines is 3. The minimum atomic E-state index is -3.91. The van der Waals surface area contributed by atoms with Crippen LogP contribution in [0.3, 0.4) is 0 Å². The number of carbonyl (C=O) groups excluding carboxylic acids is 3. The van der Waals surface area contributed by atoms with Crippen LogP contribution in [0, 0.1) is 0 Å². The van der Waals surface area contributed by atoms with Crippen molar-refractivity contribution in [3.05, 3.63) is 90.3 Å². The van der Waals surface area contributed by atoms with Crippen LogP contribution in [-0.2, 0) is 14.8 Å². The highest BCUT2D eigenvalue weighted by atomic mass is 32.2. The van der Waals surface area contributed by atoms with Gasteiger partial charge in [-0.2, -0.15) is 9.97 Å². The molecular weight excluding hydrogens is 815 g/mol. The number of amides is 5. The van der Waals surface area contributed by atoms with Crippen molar-refractivity contribution in [3.63, 3.8) is 0 Å². The van der Waals surface area contributed by atoms with E-state index in [0.717, 1.165) is 16.0 Å². The number of hydrogen-bond acceptors (Lipinski definition) is 15. The van der Waals surface area contributed by atoms with Crippen LogP contribution in [0.1, 0.15) is 35.9 Å². The molecule has 2 saturated heterocycles. The van der Waals surface area contributed by atoms with Crippen LogP contribution in [0.2, 0.25) is 0 Å². The second-order valence-electron chi connectivity index (χ2n) is 15.2. The molecule has 6 atom stereocenters. The summed E-state index contributed by atoms with van der Waals surface area (Å²) in [6.07, 6.45) is -1.12. The zero-order chi connectivity index (χ0) is 43.2. The maximum Gasteiger partial charge on any atom is 0.325 e. The van der Waals surface area contributed by atoms with Crippen LogP contribution in [0.5, 0.6) is 11.5 Å². The highest BCUT2D eigenvalue weighted by Gasteiger charge is 2.52. The Bertz CT molecular complexity index is 2510. The normalized spacial score (nSPS) is 22.9. The standard InChI is InChI=1S/C39H43N11O10S/c40-61(59,60)26-11-5-22(6-12-26)43-38(57)44-23-13-14-48(17-23)37-46-34(41-16-27(20-1-7-24(52)8-2-20)21-3-9-25(53)10-4-21)31-35(47-37)49(19-42-31)29-15-30(33(55)32(29)54)50-36(56)28(18-51)45-39(50)58/h1-12,19,23,27-30,32-33,51-55H,13-18H2,(H,45,58)(H2,40,59,60)(H,41,46,47)(H2,43,44,57)/t23?,28?,29-,30+,32+,33-/m1/s1. The largest absolute Gasteiger partial charge is 0.508 e. The number of imidazole rings is 1. The van der Waals surface area contributed by atoms with E-state index in [1.54, 1.807) is 53.1 Å². The van der Waals surface area contributed by atoms with Gasteiger partial charge in [-0.25, -0.2) is 28.1 Å². The number of primary sulfonamides is 1. The Morgan fingerprint density at radius 2 is 1.56 bits per heavy atom. The van der Waals surface area contributed by atoms with E-state index < -0.39 is 64.9 Å². The molecule has 5 aromatic rings. The summed E-state index contributed by atoms with van der Waals surface area (Å²) in [4.78, 5) is 55.7. The first-order valence-electron chi connectivity index (χ1n) is 19.3. The molecule has 61 heavy (non-hydrogen) atoms. The van der Waals surface area contributed by atoms with Crippen LogP contribution in [-0.4, -0.2) is 133 Å². The van der Waals surface area contributed by atoms with Crippen molar-refractivity contribution < 1.29 is 48.3 Å². The maximum atomic E-state index is 13.0. The van der Waals surface area contributed by atoms with E-state index in [1.165, 1.54) is 30.6 Å². The Hall–Kier alpha value is -6.59. The molecule has 5 amide bonds. The van der Waals surface area contributed by atoms with E-state index in [1.807, 2.05) is 4.90 Å². The van der Waals surface area contributed by atoms with Crippen molar-refractivity contribution in [1.82, 2.24) is 35.1 Å². The van der Waals surface area contributed by atoms with Crippen molar-refractivity contribution >= 4 is 56.6 Å². The lowest BCUT2D eigenvalue weighted by molar-refractivity contribution is -0.131. The number of nitrogens with zero attached hydrogens (tertiary/aromatic N) is 6. The van der Waals surface area contributed by atoms with Crippen LogP contribution in [0.25, 0.3) is 11.2 Å². The number of imide groups is 1. The number of nitrogens with two attached hydrogens (primary N) is 1. The van der Waals surface area contributed by atoms with Gasteiger partial charge in [-0.15, -0.1) is 0 Å². The second kappa shape index (κ2) is 16.5. The topological polar surface area (TPSA) is 311 Å². The molecule has 1 saturated carbocycles. The lowest BCUT2D eigenvalue weighted by atomic mass is 9.91. The van der Waals surface area contributed by atoms with Gasteiger partial charge < -0.3 is 56.3 Å². The molecule has 320 valence electrons. The molecule has 0 radical (unpaired) electrons. The SMILES string of the molecule is NS(=O)(=O)c1ccc(NC(=O)NC2CCN(c3nc(NCC(c4ccc(O)cc4)c4ccc(O)cc4)c4ncn([C@@H]5C[C@H](N6C(=O)NC(CO)C6=O)[C@@H](O)[C@H]5O)c4n3)C2)cc1. The number of benzene rings is 3. The van der Waals surface area contributed by atoms with Gasteiger partial charge in [0.1, 0.15) is 29.7 Å². The molecule has 3 fully saturated rings. The first-order chi connectivity index (χ1) is 29.2. The van der Waals surface area contributed by atoms with Gasteiger partial charge in [0.15, 0.2) is 17.0 Å². The van der Waals surface area contributed by atoms with Crippen molar-refractivity contribution in [2.45, 2.75) is 60.0 Å². The molecule has 2 aliphatic heterocycles. The summed E-state index contributed by atoms with van der Waals surface area (Å²) in [5.74, 6) is -0.302.